The Balaban J connectivity index is 1.55. The lowest BCUT2D eigenvalue weighted by molar-refractivity contribution is 1.61. The van der Waals surface area contributed by atoms with Crippen LogP contribution < -0.4 is 0 Å². The number of benzene rings is 6. The lowest BCUT2D eigenvalue weighted by Gasteiger charge is -2.12. The third-order valence-electron chi connectivity index (χ3n) is 8.47. The highest BCUT2D eigenvalue weighted by Crippen LogP contribution is 2.36. The molecule has 0 aliphatic rings. The van der Waals surface area contributed by atoms with E-state index in [-0.39, 0.29) is 0 Å². The van der Waals surface area contributed by atoms with Crippen molar-refractivity contribution in [2.24, 2.45) is 0 Å². The molecule has 46 heavy (non-hydrogen) atoms. The van der Waals surface area contributed by atoms with Crippen molar-refractivity contribution in [3.8, 4) is 33.4 Å². The minimum absolute atomic E-state index is 0.948. The quantitative estimate of drug-likeness (QED) is 0.170. The molecule has 7 aromatic rings. The van der Waals surface area contributed by atoms with Gasteiger partial charge in [0.05, 0.1) is 0 Å². The Hall–Kier alpha value is -5.98. The van der Waals surface area contributed by atoms with Crippen LogP contribution in [0.3, 0.4) is 0 Å². The highest BCUT2D eigenvalue weighted by Gasteiger charge is 2.10. The van der Waals surface area contributed by atoms with Gasteiger partial charge < -0.3 is 0 Å². The van der Waals surface area contributed by atoms with Crippen molar-refractivity contribution in [3.05, 3.63) is 206 Å². The van der Waals surface area contributed by atoms with Crippen molar-refractivity contribution < 1.29 is 0 Å². The zero-order chi connectivity index (χ0) is 31.1. The maximum absolute atomic E-state index is 4.61. The van der Waals surface area contributed by atoms with Crippen LogP contribution in [0.25, 0.3) is 66.6 Å². The molecule has 0 amide bonds. The third kappa shape index (κ3) is 6.29. The Labute approximate surface area is 271 Å². The summed E-state index contributed by atoms with van der Waals surface area (Å²) in [5, 5.41) is 4.76. The molecule has 0 aliphatic heterocycles. The Kier molecular flexibility index (Phi) is 8.34. The average Bonchev–Trinajstić information content (AvgIpc) is 3.13. The van der Waals surface area contributed by atoms with E-state index in [0.29, 0.717) is 0 Å². The maximum Gasteiger partial charge on any atom is -0.00932 e. The van der Waals surface area contributed by atoms with Crippen LogP contribution in [-0.2, 0) is 0 Å². The summed E-state index contributed by atoms with van der Waals surface area (Å²) in [6.07, 6.45) is 4.27. The van der Waals surface area contributed by atoms with Crippen molar-refractivity contribution in [2.45, 2.75) is 0 Å². The normalized spacial score (nSPS) is 11.0. The Morgan fingerprint density at radius 2 is 0.957 bits per heavy atom. The van der Waals surface area contributed by atoms with Gasteiger partial charge in [-0.25, -0.2) is 0 Å². The molecule has 0 fully saturated rings. The zero-order valence-electron chi connectivity index (χ0n) is 25.7. The van der Waals surface area contributed by atoms with E-state index in [9.17, 15) is 0 Å². The van der Waals surface area contributed by atoms with Crippen LogP contribution in [0.1, 0.15) is 11.1 Å². The van der Waals surface area contributed by atoms with E-state index in [0.717, 1.165) is 38.6 Å². The number of fused-ring (bicyclic) bond motifs is 2. The first-order chi connectivity index (χ1) is 22.7. The molecule has 0 saturated heterocycles. The fourth-order valence-electron chi connectivity index (χ4n) is 6.03. The molecule has 218 valence electrons. The fourth-order valence-corrected chi connectivity index (χ4v) is 6.03. The van der Waals surface area contributed by atoms with Crippen molar-refractivity contribution in [2.75, 3.05) is 0 Å². The molecule has 0 bridgehead atoms. The second kappa shape index (κ2) is 13.3. The number of rotatable bonds is 6. The van der Waals surface area contributed by atoms with Crippen molar-refractivity contribution in [1.29, 1.82) is 0 Å². The largest absolute Gasteiger partial charge is 0.0911 e. The minimum atomic E-state index is 0.948. The first kappa shape index (κ1) is 28.8. The topological polar surface area (TPSA) is 0 Å². The standard InChI is InChI=1S/C46H34/c1-34(24-25-35-14-5-2-6-15-35)43-23-13-22-38(36-16-7-3-8-17-36)28-30-44(42-27-26-39-20-11-12-21-40(39)32-42)45-31-29-41(33-46(43)45)37-18-9-4-10-19-37/h2-33H,1H2/b22-13?,23-13?,25-24-,30-28?,38-22?,38-28?,43-23?,44-30?,45-44?,46-43?. The lowest BCUT2D eigenvalue weighted by Crippen LogP contribution is -1.87. The van der Waals surface area contributed by atoms with E-state index in [2.05, 4.69) is 195 Å². The van der Waals surface area contributed by atoms with Gasteiger partial charge in [-0.05, 0) is 83.8 Å². The van der Waals surface area contributed by atoms with Gasteiger partial charge in [0.25, 0.3) is 0 Å². The van der Waals surface area contributed by atoms with Gasteiger partial charge in [-0.2, -0.15) is 0 Å². The Bertz CT molecular complexity index is 2240. The van der Waals surface area contributed by atoms with Gasteiger partial charge in [0.15, 0.2) is 0 Å². The summed E-state index contributed by atoms with van der Waals surface area (Å²) in [6.45, 7) is 4.61. The van der Waals surface area contributed by atoms with Crippen molar-refractivity contribution >= 4 is 33.2 Å². The molecule has 0 spiro atoms. The summed E-state index contributed by atoms with van der Waals surface area (Å²) in [4.78, 5) is 0. The second-order valence-corrected chi connectivity index (χ2v) is 11.5. The zero-order valence-corrected chi connectivity index (χ0v) is 25.7. The molecule has 7 rings (SSSR count). The van der Waals surface area contributed by atoms with E-state index >= 15 is 0 Å². The molecule has 7 aromatic carbocycles. The summed E-state index contributed by atoms with van der Waals surface area (Å²) < 4.78 is 0. The van der Waals surface area contributed by atoms with Gasteiger partial charge in [-0.3, -0.25) is 0 Å². The Morgan fingerprint density at radius 3 is 1.70 bits per heavy atom. The number of hydrogen-bond donors (Lipinski definition) is 0. The van der Waals surface area contributed by atoms with E-state index in [1.165, 1.54) is 33.0 Å². The molecule has 0 nitrogen and oxygen atoms in total. The molecule has 0 N–H and O–H groups in total. The van der Waals surface area contributed by atoms with Gasteiger partial charge in [0, 0.05) is 0 Å². The summed E-state index contributed by atoms with van der Waals surface area (Å²) in [7, 11) is 0. The van der Waals surface area contributed by atoms with E-state index in [1.54, 1.807) is 0 Å². The summed E-state index contributed by atoms with van der Waals surface area (Å²) in [5.74, 6) is 0. The molecule has 0 saturated carbocycles. The molecule has 0 aromatic heterocycles. The molecule has 0 radical (unpaired) electrons. The van der Waals surface area contributed by atoms with Crippen molar-refractivity contribution in [1.82, 2.24) is 0 Å². The SMILES string of the molecule is C=C(/C=C\c1ccccc1)c1cccc(-c2ccccc2)ccc(-c2ccc3ccccc3c2)c2ccc(-c3ccccc3)cc12. The van der Waals surface area contributed by atoms with E-state index < -0.39 is 0 Å². The third-order valence-corrected chi connectivity index (χ3v) is 8.47. The molecule has 0 unspecified atom stereocenters. The summed E-state index contributed by atoms with van der Waals surface area (Å²) in [6, 6.07) is 64.8. The lowest BCUT2D eigenvalue weighted by atomic mass is 9.91. The van der Waals surface area contributed by atoms with E-state index in [4.69, 9.17) is 0 Å². The van der Waals surface area contributed by atoms with Gasteiger partial charge >= 0.3 is 0 Å². The maximum atomic E-state index is 4.61. The molecular formula is C46H34. The molecule has 0 aliphatic carbocycles. The van der Waals surface area contributed by atoms with Crippen LogP contribution in [-0.4, -0.2) is 0 Å². The first-order valence-electron chi connectivity index (χ1n) is 15.7. The van der Waals surface area contributed by atoms with Crippen LogP contribution in [0.4, 0.5) is 0 Å². The number of hydrogen-bond acceptors (Lipinski definition) is 0. The van der Waals surface area contributed by atoms with Crippen LogP contribution in [0.2, 0.25) is 0 Å². The van der Waals surface area contributed by atoms with Gasteiger partial charge in [0.1, 0.15) is 0 Å². The molecule has 0 heteroatoms. The minimum Gasteiger partial charge on any atom is -0.0911 e. The highest BCUT2D eigenvalue weighted by atomic mass is 14.1. The molecule has 0 atom stereocenters. The molecular weight excluding hydrogens is 553 g/mol. The number of allylic oxidation sites excluding steroid dienone is 2. The van der Waals surface area contributed by atoms with Gasteiger partial charge in [-0.1, -0.05) is 189 Å². The second-order valence-electron chi connectivity index (χ2n) is 11.5. The van der Waals surface area contributed by atoms with Gasteiger partial charge in [-0.15, -0.1) is 0 Å². The fraction of sp³-hybridized carbons (Fsp3) is 0. The van der Waals surface area contributed by atoms with Crippen LogP contribution in [0, 0.1) is 0 Å². The van der Waals surface area contributed by atoms with Crippen LogP contribution >= 0.6 is 0 Å². The summed E-state index contributed by atoms with van der Waals surface area (Å²) in [5.41, 5.74) is 10.2. The first-order valence-corrected chi connectivity index (χ1v) is 15.7. The van der Waals surface area contributed by atoms with Gasteiger partial charge in [0.2, 0.25) is 0 Å². The van der Waals surface area contributed by atoms with Crippen LogP contribution in [0.5, 0.6) is 0 Å². The monoisotopic (exact) mass is 586 g/mol. The smallest absolute Gasteiger partial charge is 0.00932 e. The van der Waals surface area contributed by atoms with Crippen molar-refractivity contribution in [3.63, 3.8) is 0 Å². The van der Waals surface area contributed by atoms with E-state index in [1.807, 2.05) is 6.07 Å². The predicted molar refractivity (Wildman–Crippen MR) is 200 cm³/mol. The molecule has 0 heterocycles. The average molecular weight is 587 g/mol. The Morgan fingerprint density at radius 1 is 0.391 bits per heavy atom. The summed E-state index contributed by atoms with van der Waals surface area (Å²) >= 11 is 0. The van der Waals surface area contributed by atoms with Crippen LogP contribution in [0.15, 0.2) is 195 Å². The highest BCUT2D eigenvalue weighted by molar-refractivity contribution is 6.05. The predicted octanol–water partition coefficient (Wildman–Crippen LogP) is 12.8.